The molecule has 0 fully saturated rings. The summed E-state index contributed by atoms with van der Waals surface area (Å²) < 4.78 is 10.8. The molecule has 0 radical (unpaired) electrons. The summed E-state index contributed by atoms with van der Waals surface area (Å²) in [7, 11) is 0. The Hall–Kier alpha value is -1.66. The Balaban J connectivity index is 2.86. The summed E-state index contributed by atoms with van der Waals surface area (Å²) in [6, 6.07) is 7.55. The van der Waals surface area contributed by atoms with Crippen LogP contribution in [0, 0.1) is 0 Å². The Morgan fingerprint density at radius 3 is 2.35 bits per heavy atom. The van der Waals surface area contributed by atoms with Gasteiger partial charge in [-0.1, -0.05) is 34.1 Å². The molecule has 0 spiro atoms. The van der Waals surface area contributed by atoms with Gasteiger partial charge < -0.3 is 15.2 Å². The fraction of sp³-hybridized carbons (Fsp3) is 0.412. The van der Waals surface area contributed by atoms with Crippen LogP contribution in [-0.4, -0.2) is 30.7 Å². The zero-order valence-electron chi connectivity index (χ0n) is 13.4. The summed E-state index contributed by atoms with van der Waals surface area (Å²) in [5, 5.41) is 0. The summed E-state index contributed by atoms with van der Waals surface area (Å²) in [5.41, 5.74) is 5.95. The van der Waals surface area contributed by atoms with E-state index in [1.54, 1.807) is 19.9 Å². The molecule has 0 heterocycles. The van der Waals surface area contributed by atoms with Crippen molar-refractivity contribution in [2.45, 2.75) is 32.2 Å². The van der Waals surface area contributed by atoms with Crippen LogP contribution in [-0.2, 0) is 25.5 Å². The van der Waals surface area contributed by atoms with Gasteiger partial charge in [-0.2, -0.15) is 0 Å². The maximum absolute atomic E-state index is 12.2. The standard InChI is InChI=1S/C17H22BrNO4/c1-3-22-15(20)6-5-11-17(19,16(21)23-4-2)12-13-7-9-14(18)10-8-13/h5-10H,3-4,11-12,19H2,1-2H3/b6-5+. The van der Waals surface area contributed by atoms with Crippen molar-refractivity contribution < 1.29 is 19.1 Å². The van der Waals surface area contributed by atoms with Crippen molar-refractivity contribution in [3.05, 3.63) is 46.5 Å². The topological polar surface area (TPSA) is 78.6 Å². The third-order valence-corrected chi connectivity index (χ3v) is 3.67. The monoisotopic (exact) mass is 383 g/mol. The number of nitrogens with two attached hydrogens (primary N) is 1. The molecule has 0 aliphatic carbocycles. The maximum atomic E-state index is 12.2. The minimum atomic E-state index is -1.23. The normalized spacial score (nSPS) is 13.6. The molecule has 5 nitrogen and oxygen atoms in total. The molecular formula is C17H22BrNO4. The molecule has 1 rings (SSSR count). The summed E-state index contributed by atoms with van der Waals surface area (Å²) in [4.78, 5) is 23.6. The summed E-state index contributed by atoms with van der Waals surface area (Å²) in [6.45, 7) is 4.00. The second-order valence-electron chi connectivity index (χ2n) is 5.04. The fourth-order valence-electron chi connectivity index (χ4n) is 2.02. The van der Waals surface area contributed by atoms with Gasteiger partial charge in [0.25, 0.3) is 0 Å². The van der Waals surface area contributed by atoms with E-state index in [2.05, 4.69) is 15.9 Å². The van der Waals surface area contributed by atoms with E-state index in [0.717, 1.165) is 10.0 Å². The van der Waals surface area contributed by atoms with Crippen molar-refractivity contribution in [1.82, 2.24) is 0 Å². The molecule has 1 aromatic rings. The van der Waals surface area contributed by atoms with E-state index in [-0.39, 0.29) is 13.0 Å². The van der Waals surface area contributed by atoms with Gasteiger partial charge in [-0.05, 0) is 38.0 Å². The van der Waals surface area contributed by atoms with Gasteiger partial charge in [0.15, 0.2) is 0 Å². The second kappa shape index (κ2) is 9.47. The van der Waals surface area contributed by atoms with Gasteiger partial charge in [-0.25, -0.2) is 4.79 Å². The molecule has 0 saturated carbocycles. The van der Waals surface area contributed by atoms with Gasteiger partial charge in [0, 0.05) is 17.0 Å². The SMILES string of the molecule is CCOC(=O)/C=C/CC(N)(Cc1ccc(Br)cc1)C(=O)OCC. The van der Waals surface area contributed by atoms with Gasteiger partial charge in [-0.15, -0.1) is 0 Å². The van der Waals surface area contributed by atoms with Crippen LogP contribution in [0.1, 0.15) is 25.8 Å². The van der Waals surface area contributed by atoms with E-state index in [1.807, 2.05) is 24.3 Å². The van der Waals surface area contributed by atoms with Crippen molar-refractivity contribution in [3.8, 4) is 0 Å². The number of rotatable bonds is 8. The number of benzene rings is 1. The van der Waals surface area contributed by atoms with Crippen LogP contribution >= 0.6 is 15.9 Å². The highest BCUT2D eigenvalue weighted by Crippen LogP contribution is 2.20. The van der Waals surface area contributed by atoms with E-state index in [1.165, 1.54) is 6.08 Å². The van der Waals surface area contributed by atoms with Gasteiger partial charge >= 0.3 is 11.9 Å². The highest BCUT2D eigenvalue weighted by Gasteiger charge is 2.34. The molecule has 1 unspecified atom stereocenters. The van der Waals surface area contributed by atoms with Crippen LogP contribution in [0.25, 0.3) is 0 Å². The zero-order chi connectivity index (χ0) is 17.3. The van der Waals surface area contributed by atoms with Gasteiger partial charge in [0.1, 0.15) is 5.54 Å². The van der Waals surface area contributed by atoms with Crippen LogP contribution in [0.4, 0.5) is 0 Å². The number of carbonyl (C=O) groups is 2. The van der Waals surface area contributed by atoms with Crippen LogP contribution in [0.3, 0.4) is 0 Å². The molecule has 0 aromatic heterocycles. The molecule has 126 valence electrons. The lowest BCUT2D eigenvalue weighted by Crippen LogP contribution is -2.50. The molecule has 1 aromatic carbocycles. The third-order valence-electron chi connectivity index (χ3n) is 3.14. The molecule has 6 heteroatoms. The van der Waals surface area contributed by atoms with Crippen molar-refractivity contribution in [2.75, 3.05) is 13.2 Å². The Bertz CT molecular complexity index is 556. The Morgan fingerprint density at radius 2 is 1.78 bits per heavy atom. The molecule has 0 amide bonds. The van der Waals surface area contributed by atoms with Crippen molar-refractivity contribution in [1.29, 1.82) is 0 Å². The first-order valence-electron chi connectivity index (χ1n) is 7.45. The minimum absolute atomic E-state index is 0.181. The largest absolute Gasteiger partial charge is 0.465 e. The van der Waals surface area contributed by atoms with Gasteiger partial charge in [-0.3, -0.25) is 4.79 Å². The number of ether oxygens (including phenoxy) is 2. The van der Waals surface area contributed by atoms with E-state index in [9.17, 15) is 9.59 Å². The lowest BCUT2D eigenvalue weighted by atomic mass is 9.88. The number of hydrogen-bond donors (Lipinski definition) is 1. The molecule has 1 atom stereocenters. The quantitative estimate of drug-likeness (QED) is 0.551. The first-order valence-corrected chi connectivity index (χ1v) is 8.24. The van der Waals surface area contributed by atoms with Gasteiger partial charge in [0.2, 0.25) is 0 Å². The zero-order valence-corrected chi connectivity index (χ0v) is 15.0. The number of halogens is 1. The summed E-state index contributed by atoms with van der Waals surface area (Å²) in [5.74, 6) is -0.946. The van der Waals surface area contributed by atoms with Gasteiger partial charge in [0.05, 0.1) is 13.2 Å². The fourth-order valence-corrected chi connectivity index (χ4v) is 2.29. The van der Waals surface area contributed by atoms with E-state index < -0.39 is 17.5 Å². The average Bonchev–Trinajstić information content (AvgIpc) is 2.50. The van der Waals surface area contributed by atoms with Crippen molar-refractivity contribution in [3.63, 3.8) is 0 Å². The molecule has 0 saturated heterocycles. The van der Waals surface area contributed by atoms with E-state index >= 15 is 0 Å². The Kier molecular flexibility index (Phi) is 7.98. The third kappa shape index (κ3) is 6.54. The van der Waals surface area contributed by atoms with Crippen LogP contribution in [0.5, 0.6) is 0 Å². The predicted octanol–water partition coefficient (Wildman–Crippen LogP) is 2.76. The first-order chi connectivity index (χ1) is 10.9. The number of esters is 2. The first kappa shape index (κ1) is 19.4. The number of hydrogen-bond acceptors (Lipinski definition) is 5. The van der Waals surface area contributed by atoms with E-state index in [4.69, 9.17) is 15.2 Å². The molecule has 0 aliphatic heterocycles. The summed E-state index contributed by atoms with van der Waals surface area (Å²) in [6.07, 6.45) is 3.33. The van der Waals surface area contributed by atoms with E-state index in [0.29, 0.717) is 13.0 Å². The highest BCUT2D eigenvalue weighted by molar-refractivity contribution is 9.10. The van der Waals surface area contributed by atoms with Crippen LogP contribution in [0.15, 0.2) is 40.9 Å². The Labute approximate surface area is 145 Å². The molecule has 2 N–H and O–H groups in total. The smallest absolute Gasteiger partial charge is 0.330 e. The minimum Gasteiger partial charge on any atom is -0.465 e. The Morgan fingerprint density at radius 1 is 1.17 bits per heavy atom. The highest BCUT2D eigenvalue weighted by atomic mass is 79.9. The lowest BCUT2D eigenvalue weighted by molar-refractivity contribution is -0.149. The summed E-state index contributed by atoms with van der Waals surface area (Å²) >= 11 is 3.37. The second-order valence-corrected chi connectivity index (χ2v) is 5.95. The van der Waals surface area contributed by atoms with Crippen molar-refractivity contribution in [2.24, 2.45) is 5.73 Å². The van der Waals surface area contributed by atoms with Crippen LogP contribution < -0.4 is 5.73 Å². The van der Waals surface area contributed by atoms with Crippen LogP contribution in [0.2, 0.25) is 0 Å². The lowest BCUT2D eigenvalue weighted by Gasteiger charge is -2.26. The molecular weight excluding hydrogens is 362 g/mol. The maximum Gasteiger partial charge on any atom is 0.330 e. The molecule has 0 bridgehead atoms. The molecule has 23 heavy (non-hydrogen) atoms. The average molecular weight is 384 g/mol. The van der Waals surface area contributed by atoms with Crippen molar-refractivity contribution >= 4 is 27.9 Å². The number of carbonyl (C=O) groups excluding carboxylic acids is 2. The molecule has 0 aliphatic rings. The predicted molar refractivity (Wildman–Crippen MR) is 91.8 cm³/mol.